The van der Waals surface area contributed by atoms with Crippen LogP contribution >= 0.6 is 11.6 Å². The monoisotopic (exact) mass is 746 g/mol. The van der Waals surface area contributed by atoms with Gasteiger partial charge in [-0.2, -0.15) is 26.3 Å². The first-order chi connectivity index (χ1) is 24.5. The average molecular weight is 747 g/mol. The van der Waals surface area contributed by atoms with E-state index in [1.165, 1.54) is 55.5 Å². The number of aliphatic carboxylic acids is 1. The van der Waals surface area contributed by atoms with E-state index in [1.54, 1.807) is 43.3 Å². The third-order valence-electron chi connectivity index (χ3n) is 8.51. The van der Waals surface area contributed by atoms with Crippen LogP contribution in [0.4, 0.5) is 26.3 Å². The molecule has 0 amide bonds. The summed E-state index contributed by atoms with van der Waals surface area (Å²) in [6.07, 6.45) is -3.62. The zero-order valence-electron chi connectivity index (χ0n) is 28.2. The summed E-state index contributed by atoms with van der Waals surface area (Å²) in [5.74, 6) is -1.32. The van der Waals surface area contributed by atoms with E-state index < -0.39 is 41.6 Å². The van der Waals surface area contributed by atoms with E-state index in [4.69, 9.17) is 16.7 Å². The fourth-order valence-corrected chi connectivity index (χ4v) is 5.71. The normalized spacial score (nSPS) is 13.6. The Kier molecular flexibility index (Phi) is 13.1. The van der Waals surface area contributed by atoms with E-state index in [0.29, 0.717) is 38.9 Å². The Bertz CT molecular complexity index is 1960. The molecule has 0 aliphatic heterocycles. The first-order valence-electron chi connectivity index (χ1n) is 16.0. The molecule has 0 unspecified atom stereocenters. The number of carboxylic acid groups (broad SMARTS) is 1. The third kappa shape index (κ3) is 9.90. The van der Waals surface area contributed by atoms with E-state index in [9.17, 15) is 41.4 Å². The number of rotatable bonds is 14. The molecule has 0 heterocycles. The molecule has 0 spiro atoms. The molecule has 0 aliphatic carbocycles. The average Bonchev–Trinajstić information content (AvgIpc) is 3.09. The zero-order chi connectivity index (χ0) is 38.3. The zero-order valence-corrected chi connectivity index (χ0v) is 28.9. The van der Waals surface area contributed by atoms with Crippen LogP contribution in [0.15, 0.2) is 72.8 Å². The maximum absolute atomic E-state index is 14.0. The van der Waals surface area contributed by atoms with Gasteiger partial charge in [-0.1, -0.05) is 84.4 Å². The van der Waals surface area contributed by atoms with Crippen molar-refractivity contribution in [2.75, 3.05) is 19.8 Å². The van der Waals surface area contributed by atoms with Crippen molar-refractivity contribution in [3.05, 3.63) is 128 Å². The topological polar surface area (TPSA) is 102 Å². The van der Waals surface area contributed by atoms with Crippen molar-refractivity contribution in [3.8, 4) is 11.1 Å². The van der Waals surface area contributed by atoms with Gasteiger partial charge in [0.15, 0.2) is 0 Å². The Hall–Kier alpha value is -4.46. The van der Waals surface area contributed by atoms with Gasteiger partial charge in [-0.05, 0) is 82.6 Å². The third-order valence-corrected chi connectivity index (χ3v) is 8.93. The highest BCUT2D eigenvalue weighted by Crippen LogP contribution is 2.38. The summed E-state index contributed by atoms with van der Waals surface area (Å²) in [6.45, 7) is 2.61. The van der Waals surface area contributed by atoms with Crippen LogP contribution in [0, 0.1) is 6.92 Å². The van der Waals surface area contributed by atoms with Gasteiger partial charge in [0, 0.05) is 25.2 Å². The van der Waals surface area contributed by atoms with Gasteiger partial charge < -0.3 is 20.6 Å². The van der Waals surface area contributed by atoms with Gasteiger partial charge in [-0.3, -0.25) is 10.1 Å². The standard InChI is InChI=1S/C39H37ClF6N2O4/c1-24-27(11-13-29-20-26(10-16-34(29)39(44,45)46)22-48-37(2,23-50)36(51)52)5-3-7-31(24)32-8-4-6-28(35(32)40)12-14-30-19-25(21-47-17-18-49)9-15-33(30)38(41,42)43/h3-16,19-20,47-50H,17-18,21-23H2,1-2H3,(H,51,52)/b13-11+,14-12+/t37-/m0/s1. The van der Waals surface area contributed by atoms with Crippen molar-refractivity contribution in [2.45, 2.75) is 44.8 Å². The second kappa shape index (κ2) is 16.9. The van der Waals surface area contributed by atoms with Gasteiger partial charge in [0.05, 0.1) is 29.4 Å². The lowest BCUT2D eigenvalue weighted by Gasteiger charge is -2.24. The number of hydrogen-bond donors (Lipinski definition) is 5. The summed E-state index contributed by atoms with van der Waals surface area (Å²) in [7, 11) is 0. The van der Waals surface area contributed by atoms with E-state index in [-0.39, 0.29) is 42.4 Å². The molecule has 276 valence electrons. The van der Waals surface area contributed by atoms with Gasteiger partial charge in [0.25, 0.3) is 0 Å². The Morgan fingerprint density at radius 2 is 1.23 bits per heavy atom. The molecule has 0 radical (unpaired) electrons. The lowest BCUT2D eigenvalue weighted by atomic mass is 9.94. The fourth-order valence-electron chi connectivity index (χ4n) is 5.42. The fraction of sp³-hybridized carbons (Fsp3) is 0.256. The molecule has 0 aliphatic rings. The van der Waals surface area contributed by atoms with Crippen LogP contribution in [0.5, 0.6) is 0 Å². The lowest BCUT2D eigenvalue weighted by molar-refractivity contribution is -0.146. The molecule has 52 heavy (non-hydrogen) atoms. The quantitative estimate of drug-likeness (QED) is 0.0503. The molecule has 0 bridgehead atoms. The predicted molar refractivity (Wildman–Crippen MR) is 191 cm³/mol. The number of aliphatic hydroxyl groups is 2. The van der Waals surface area contributed by atoms with Gasteiger partial charge in [-0.25, -0.2) is 0 Å². The highest BCUT2D eigenvalue weighted by atomic mass is 35.5. The number of alkyl halides is 6. The minimum Gasteiger partial charge on any atom is -0.480 e. The molecule has 5 N–H and O–H groups in total. The smallest absolute Gasteiger partial charge is 0.416 e. The minimum absolute atomic E-state index is 0.0667. The lowest BCUT2D eigenvalue weighted by Crippen LogP contribution is -2.52. The van der Waals surface area contributed by atoms with E-state index in [0.717, 1.165) is 12.1 Å². The van der Waals surface area contributed by atoms with Crippen LogP contribution in [-0.2, 0) is 30.2 Å². The van der Waals surface area contributed by atoms with E-state index >= 15 is 0 Å². The first-order valence-corrected chi connectivity index (χ1v) is 16.4. The maximum atomic E-state index is 14.0. The van der Waals surface area contributed by atoms with Gasteiger partial charge in [0.1, 0.15) is 5.54 Å². The number of aliphatic hydroxyl groups excluding tert-OH is 2. The van der Waals surface area contributed by atoms with Crippen molar-refractivity contribution >= 4 is 41.9 Å². The highest BCUT2D eigenvalue weighted by Gasteiger charge is 2.35. The number of benzene rings is 4. The van der Waals surface area contributed by atoms with Crippen LogP contribution in [0.2, 0.25) is 5.02 Å². The van der Waals surface area contributed by atoms with E-state index in [1.807, 2.05) is 0 Å². The number of halogens is 7. The summed E-state index contributed by atoms with van der Waals surface area (Å²) >= 11 is 6.82. The van der Waals surface area contributed by atoms with Crippen molar-refractivity contribution in [1.29, 1.82) is 0 Å². The number of carboxylic acids is 1. The molecule has 0 aromatic heterocycles. The molecule has 4 rings (SSSR count). The maximum Gasteiger partial charge on any atom is 0.416 e. The number of carbonyl (C=O) groups is 1. The minimum atomic E-state index is -4.68. The molecule has 6 nitrogen and oxygen atoms in total. The van der Waals surface area contributed by atoms with Gasteiger partial charge in [0.2, 0.25) is 0 Å². The molecule has 0 fully saturated rings. The molecule has 0 saturated heterocycles. The molecule has 0 saturated carbocycles. The molecule has 13 heteroatoms. The van der Waals surface area contributed by atoms with Gasteiger partial charge in [-0.15, -0.1) is 0 Å². The molecule has 4 aromatic rings. The number of nitrogens with one attached hydrogen (secondary N) is 2. The SMILES string of the molecule is Cc1c(/C=C/c2cc(CN[C@@](C)(CO)C(=O)O)ccc2C(F)(F)F)cccc1-c1cccc(/C=C/c2cc(CNCCO)ccc2C(F)(F)F)c1Cl. The Morgan fingerprint density at radius 1 is 0.731 bits per heavy atom. The summed E-state index contributed by atoms with van der Waals surface area (Å²) in [4.78, 5) is 11.5. The summed E-state index contributed by atoms with van der Waals surface area (Å²) in [5, 5.41) is 33.8. The van der Waals surface area contributed by atoms with Gasteiger partial charge >= 0.3 is 18.3 Å². The molecular weight excluding hydrogens is 710 g/mol. The van der Waals surface area contributed by atoms with Crippen LogP contribution < -0.4 is 10.6 Å². The molecular formula is C39H37ClF6N2O4. The van der Waals surface area contributed by atoms with Crippen molar-refractivity contribution in [2.24, 2.45) is 0 Å². The van der Waals surface area contributed by atoms with Crippen molar-refractivity contribution < 1.29 is 46.5 Å². The summed E-state index contributed by atoms with van der Waals surface area (Å²) in [5.41, 5.74) is 0.226. The molecule has 4 aromatic carbocycles. The Morgan fingerprint density at radius 3 is 1.75 bits per heavy atom. The molecule has 1 atom stereocenters. The van der Waals surface area contributed by atoms with Crippen molar-refractivity contribution in [1.82, 2.24) is 10.6 Å². The summed E-state index contributed by atoms with van der Waals surface area (Å²) < 4.78 is 83.5. The Labute approximate surface area is 302 Å². The summed E-state index contributed by atoms with van der Waals surface area (Å²) in [6, 6.07) is 17.5. The second-order valence-corrected chi connectivity index (χ2v) is 12.7. The predicted octanol–water partition coefficient (Wildman–Crippen LogP) is 8.70. The van der Waals surface area contributed by atoms with Crippen LogP contribution in [-0.4, -0.2) is 46.6 Å². The number of hydrogen-bond acceptors (Lipinski definition) is 5. The highest BCUT2D eigenvalue weighted by molar-refractivity contribution is 6.35. The Balaban J connectivity index is 1.67. The first kappa shape index (κ1) is 40.3. The van der Waals surface area contributed by atoms with Crippen LogP contribution in [0.1, 0.15) is 57.0 Å². The van der Waals surface area contributed by atoms with Crippen molar-refractivity contribution in [3.63, 3.8) is 0 Å². The second-order valence-electron chi connectivity index (χ2n) is 12.3. The van der Waals surface area contributed by atoms with E-state index in [2.05, 4.69) is 10.6 Å². The van der Waals surface area contributed by atoms with Crippen LogP contribution in [0.25, 0.3) is 35.4 Å². The largest absolute Gasteiger partial charge is 0.480 e. The van der Waals surface area contributed by atoms with Crippen LogP contribution in [0.3, 0.4) is 0 Å².